The highest BCUT2D eigenvalue weighted by Gasteiger charge is 2.32. The zero-order valence-corrected chi connectivity index (χ0v) is 22.4. The first kappa shape index (κ1) is 25.1. The summed E-state index contributed by atoms with van der Waals surface area (Å²) in [5.41, 5.74) is 7.60. The van der Waals surface area contributed by atoms with E-state index in [-0.39, 0.29) is 18.5 Å². The highest BCUT2D eigenvalue weighted by atomic mass is 16.5. The molecule has 1 N–H and O–H groups in total. The first-order valence-electron chi connectivity index (χ1n) is 14.4. The molecule has 0 spiro atoms. The van der Waals surface area contributed by atoms with Crippen LogP contribution >= 0.6 is 0 Å². The van der Waals surface area contributed by atoms with Crippen molar-refractivity contribution in [1.82, 2.24) is 9.55 Å². The smallest absolute Gasteiger partial charge is 0.340 e. The van der Waals surface area contributed by atoms with Crippen LogP contribution in [0.25, 0.3) is 22.2 Å². The maximum absolute atomic E-state index is 13.4. The largest absolute Gasteiger partial charge is 0.462 e. The Morgan fingerprint density at radius 3 is 2.82 bits per heavy atom. The van der Waals surface area contributed by atoms with E-state index in [9.17, 15) is 9.90 Å². The van der Waals surface area contributed by atoms with Crippen LogP contribution in [0.2, 0.25) is 0 Å². The molecular formula is C31H38N4O3. The standard InChI is InChI=1S/C31H38N4O3/c1-2-3-15-38-31(37)29-24-11-13-32-30(24)25(17-28(29)34-14-12-21(18-34)19-36)22-9-10-27-26(16-22)33-20-35(27)23-7-5-4-6-8-23/h9-10,13,16-17,20-21,23,36H,2-8,11-12,14-15,18-19H2,1H3/t21-/m0/s1. The fraction of sp³-hybridized carbons (Fsp3) is 0.516. The molecule has 6 rings (SSSR count). The summed E-state index contributed by atoms with van der Waals surface area (Å²) in [4.78, 5) is 25.2. The molecule has 2 aromatic carbocycles. The molecule has 3 heterocycles. The minimum Gasteiger partial charge on any atom is -0.462 e. The fourth-order valence-electron chi connectivity index (χ4n) is 6.42. The molecule has 1 atom stereocenters. The lowest BCUT2D eigenvalue weighted by Gasteiger charge is -2.25. The molecule has 3 aliphatic rings. The van der Waals surface area contributed by atoms with Crippen LogP contribution in [0, 0.1) is 5.92 Å². The Balaban J connectivity index is 1.42. The van der Waals surface area contributed by atoms with Gasteiger partial charge in [-0.1, -0.05) is 38.7 Å². The van der Waals surface area contributed by atoms with Gasteiger partial charge in [0, 0.05) is 55.4 Å². The van der Waals surface area contributed by atoms with E-state index in [4.69, 9.17) is 14.7 Å². The van der Waals surface area contributed by atoms with Crippen molar-refractivity contribution < 1.29 is 14.6 Å². The number of hydrogen-bond donors (Lipinski definition) is 1. The van der Waals surface area contributed by atoms with Gasteiger partial charge in [0.15, 0.2) is 0 Å². The van der Waals surface area contributed by atoms with Crippen molar-refractivity contribution in [3.8, 4) is 11.1 Å². The third-order valence-electron chi connectivity index (χ3n) is 8.57. The number of carbonyl (C=O) groups excluding carboxylic acids is 1. The first-order valence-corrected chi connectivity index (χ1v) is 14.4. The first-order chi connectivity index (χ1) is 18.7. The van der Waals surface area contributed by atoms with Gasteiger partial charge in [0.2, 0.25) is 0 Å². The summed E-state index contributed by atoms with van der Waals surface area (Å²) in [7, 11) is 0. The second kappa shape index (κ2) is 10.9. The maximum atomic E-state index is 13.4. The molecule has 0 amide bonds. The van der Waals surface area contributed by atoms with Crippen molar-refractivity contribution in [2.45, 2.75) is 70.8 Å². The van der Waals surface area contributed by atoms with E-state index in [0.717, 1.165) is 65.9 Å². The number of imidazole rings is 1. The zero-order chi connectivity index (χ0) is 26.1. The van der Waals surface area contributed by atoms with Gasteiger partial charge in [-0.3, -0.25) is 4.99 Å². The van der Waals surface area contributed by atoms with Crippen LogP contribution in [-0.2, 0) is 11.2 Å². The van der Waals surface area contributed by atoms with Crippen molar-refractivity contribution in [2.75, 3.05) is 31.2 Å². The number of carbonyl (C=O) groups is 1. The minimum absolute atomic E-state index is 0.161. The molecule has 200 valence electrons. The number of esters is 1. The van der Waals surface area contributed by atoms with Crippen LogP contribution in [0.5, 0.6) is 0 Å². The molecule has 1 aliphatic carbocycles. The van der Waals surface area contributed by atoms with Gasteiger partial charge in [-0.05, 0) is 49.4 Å². The average Bonchev–Trinajstić information content (AvgIpc) is 3.72. The molecular weight excluding hydrogens is 476 g/mol. The minimum atomic E-state index is -0.268. The fourth-order valence-corrected chi connectivity index (χ4v) is 6.42. The Kier molecular flexibility index (Phi) is 7.20. The van der Waals surface area contributed by atoms with Crippen LogP contribution in [0.1, 0.15) is 80.3 Å². The van der Waals surface area contributed by atoms with Crippen LogP contribution in [0.4, 0.5) is 11.4 Å². The average molecular weight is 515 g/mol. The Hall–Kier alpha value is -3.19. The summed E-state index contributed by atoms with van der Waals surface area (Å²) in [6, 6.07) is 9.20. The summed E-state index contributed by atoms with van der Waals surface area (Å²) in [6.07, 6.45) is 13.6. The van der Waals surface area contributed by atoms with Gasteiger partial charge in [-0.2, -0.15) is 0 Å². The molecule has 0 radical (unpaired) electrons. The van der Waals surface area contributed by atoms with E-state index in [1.807, 2.05) is 12.5 Å². The maximum Gasteiger partial charge on any atom is 0.340 e. The van der Waals surface area contributed by atoms with E-state index in [2.05, 4.69) is 40.7 Å². The van der Waals surface area contributed by atoms with Gasteiger partial charge in [-0.25, -0.2) is 9.78 Å². The number of anilines is 1. The van der Waals surface area contributed by atoms with Crippen LogP contribution < -0.4 is 4.90 Å². The van der Waals surface area contributed by atoms with Gasteiger partial charge in [0.05, 0.1) is 40.9 Å². The monoisotopic (exact) mass is 514 g/mol. The van der Waals surface area contributed by atoms with E-state index >= 15 is 0 Å². The normalized spacial score (nSPS) is 19.4. The lowest BCUT2D eigenvalue weighted by atomic mass is 9.93. The number of nitrogens with zero attached hydrogens (tertiary/aromatic N) is 4. The Bertz CT molecular complexity index is 1350. The molecule has 1 saturated heterocycles. The topological polar surface area (TPSA) is 80.0 Å². The Labute approximate surface area is 224 Å². The van der Waals surface area contributed by atoms with Gasteiger partial charge < -0.3 is 19.3 Å². The Morgan fingerprint density at radius 1 is 1.16 bits per heavy atom. The number of unbranched alkanes of at least 4 members (excludes halogenated alkanes) is 1. The molecule has 7 nitrogen and oxygen atoms in total. The SMILES string of the molecule is CCCCOC(=O)c1c(N2CC[C@H](CO)C2)cc(-c2ccc3c(c2)ncn3C2CCCCC2)c2c1CC=N2. The van der Waals surface area contributed by atoms with Crippen molar-refractivity contribution in [3.05, 3.63) is 41.7 Å². The van der Waals surface area contributed by atoms with E-state index in [0.29, 0.717) is 24.6 Å². The van der Waals surface area contributed by atoms with E-state index < -0.39 is 0 Å². The van der Waals surface area contributed by atoms with Gasteiger partial charge in [-0.15, -0.1) is 0 Å². The van der Waals surface area contributed by atoms with Crippen LogP contribution in [0.15, 0.2) is 35.6 Å². The lowest BCUT2D eigenvalue weighted by Crippen LogP contribution is -2.24. The number of rotatable bonds is 8. The predicted octanol–water partition coefficient (Wildman–Crippen LogP) is 6.24. The van der Waals surface area contributed by atoms with Crippen molar-refractivity contribution in [2.24, 2.45) is 10.9 Å². The van der Waals surface area contributed by atoms with Crippen molar-refractivity contribution >= 4 is 34.6 Å². The highest BCUT2D eigenvalue weighted by molar-refractivity contribution is 6.05. The van der Waals surface area contributed by atoms with Crippen LogP contribution in [-0.4, -0.2) is 53.1 Å². The number of aliphatic hydroxyl groups is 1. The number of hydrogen-bond acceptors (Lipinski definition) is 6. The molecule has 2 fully saturated rings. The van der Waals surface area contributed by atoms with Gasteiger partial charge in [0.1, 0.15) is 0 Å². The molecule has 1 saturated carbocycles. The summed E-state index contributed by atoms with van der Waals surface area (Å²) in [5, 5.41) is 9.79. The molecule has 3 aromatic rings. The molecule has 0 unspecified atom stereocenters. The predicted molar refractivity (Wildman–Crippen MR) is 152 cm³/mol. The van der Waals surface area contributed by atoms with Gasteiger partial charge in [0.25, 0.3) is 0 Å². The summed E-state index contributed by atoms with van der Waals surface area (Å²) < 4.78 is 8.09. The Morgan fingerprint density at radius 2 is 2.03 bits per heavy atom. The molecule has 1 aromatic heterocycles. The quantitative estimate of drug-likeness (QED) is 0.284. The third-order valence-corrected chi connectivity index (χ3v) is 8.57. The highest BCUT2D eigenvalue weighted by Crippen LogP contribution is 2.45. The molecule has 38 heavy (non-hydrogen) atoms. The lowest BCUT2D eigenvalue weighted by molar-refractivity contribution is 0.0499. The second-order valence-corrected chi connectivity index (χ2v) is 11.1. The van der Waals surface area contributed by atoms with Gasteiger partial charge >= 0.3 is 5.97 Å². The molecule has 2 aliphatic heterocycles. The number of aromatic nitrogens is 2. The van der Waals surface area contributed by atoms with Crippen LogP contribution in [0.3, 0.4) is 0 Å². The number of aliphatic hydroxyl groups excluding tert-OH is 1. The third kappa shape index (κ3) is 4.62. The summed E-state index contributed by atoms with van der Waals surface area (Å²) >= 11 is 0. The summed E-state index contributed by atoms with van der Waals surface area (Å²) in [6.45, 7) is 4.22. The van der Waals surface area contributed by atoms with E-state index in [1.165, 1.54) is 37.6 Å². The van der Waals surface area contributed by atoms with E-state index in [1.54, 1.807) is 0 Å². The second-order valence-electron chi connectivity index (χ2n) is 11.1. The number of fused-ring (bicyclic) bond motifs is 2. The number of ether oxygens (including phenoxy) is 1. The molecule has 7 heteroatoms. The zero-order valence-electron chi connectivity index (χ0n) is 22.4. The summed E-state index contributed by atoms with van der Waals surface area (Å²) in [5.74, 6) is -0.0529. The van der Waals surface area contributed by atoms with Crippen molar-refractivity contribution in [1.29, 1.82) is 0 Å². The molecule has 0 bridgehead atoms. The number of benzene rings is 2. The number of aliphatic imine (C=N–C) groups is 1. The van der Waals surface area contributed by atoms with Crippen molar-refractivity contribution in [3.63, 3.8) is 0 Å².